The predicted octanol–water partition coefficient (Wildman–Crippen LogP) is 2.36. The molecule has 0 saturated heterocycles. The Morgan fingerprint density at radius 2 is 0.933 bits per heavy atom. The standard InChI is InChI=1S/C12H10S.Ca.H2O/c1-3-7-11(8-4-1)13-12-9-5-2-6-10-12;;/h1-10H;;1H2. The van der Waals surface area contributed by atoms with E-state index in [1.807, 2.05) is 12.1 Å². The second-order valence-electron chi connectivity index (χ2n) is 2.78. The molecule has 0 fully saturated rings. The van der Waals surface area contributed by atoms with E-state index in [9.17, 15) is 0 Å². The number of rotatable bonds is 2. The van der Waals surface area contributed by atoms with Gasteiger partial charge in [-0.25, -0.2) is 0 Å². The Morgan fingerprint density at radius 3 is 1.27 bits per heavy atom. The third kappa shape index (κ3) is 5.05. The number of benzene rings is 2. The van der Waals surface area contributed by atoms with E-state index in [1.165, 1.54) is 21.6 Å². The van der Waals surface area contributed by atoms with Crippen molar-refractivity contribution in [1.29, 1.82) is 0 Å². The van der Waals surface area contributed by atoms with E-state index in [-0.39, 0.29) is 43.2 Å². The van der Waals surface area contributed by atoms with Crippen LogP contribution in [-0.2, 0) is 11.8 Å². The molecule has 2 aromatic rings. The topological polar surface area (TPSA) is 30.0 Å². The summed E-state index contributed by atoms with van der Waals surface area (Å²) >= 11 is 1.28. The summed E-state index contributed by atoms with van der Waals surface area (Å²) in [5, 5.41) is 0. The molecule has 0 amide bonds. The minimum atomic E-state index is 0. The molecule has 0 bridgehead atoms. The molecule has 0 unspecified atom stereocenters. The fraction of sp³-hybridized carbons (Fsp3) is 0. The van der Waals surface area contributed by atoms with E-state index in [2.05, 4.69) is 48.5 Å². The summed E-state index contributed by atoms with van der Waals surface area (Å²) in [4.78, 5) is 2.68. The largest absolute Gasteiger partial charge is 0.870 e. The normalized spacial score (nSPS) is 8.53. The van der Waals surface area contributed by atoms with Gasteiger partial charge < -0.3 is 5.48 Å². The first-order valence-corrected chi connectivity index (χ1v) is 5.16. The first-order valence-electron chi connectivity index (χ1n) is 4.27. The summed E-state index contributed by atoms with van der Waals surface area (Å²) in [5.41, 5.74) is 0. The first-order chi connectivity index (χ1) is 6.45. The van der Waals surface area contributed by atoms with E-state index in [1.54, 1.807) is 0 Å². The molecule has 0 atom stereocenters. The minimum absolute atomic E-state index is 0. The van der Waals surface area contributed by atoms with Crippen molar-refractivity contribution in [2.24, 2.45) is 0 Å². The van der Waals surface area contributed by atoms with Crippen LogP contribution in [0.5, 0.6) is 0 Å². The Labute approximate surface area is 124 Å². The van der Waals surface area contributed by atoms with Crippen molar-refractivity contribution in [2.45, 2.75) is 9.79 Å². The van der Waals surface area contributed by atoms with Crippen LogP contribution in [0.15, 0.2) is 70.5 Å². The number of thiol groups is 1. The maximum atomic E-state index is 2.15. The Balaban J connectivity index is 0.000000980. The quantitative estimate of drug-likeness (QED) is 0.453. The molecule has 0 saturated carbocycles. The monoisotopic (exact) mass is 244 g/mol. The molecule has 1 N–H and O–H groups in total. The minimum Gasteiger partial charge on any atom is -0.870 e. The van der Waals surface area contributed by atoms with E-state index in [0.29, 0.717) is 0 Å². The van der Waals surface area contributed by atoms with Crippen LogP contribution < -0.4 is 0 Å². The predicted molar refractivity (Wildman–Crippen MR) is 65.9 cm³/mol. The summed E-state index contributed by atoms with van der Waals surface area (Å²) in [5.74, 6) is 0. The van der Waals surface area contributed by atoms with Crippen molar-refractivity contribution in [1.82, 2.24) is 0 Å². The smallest absolute Gasteiger partial charge is 0.158 e. The molecule has 2 radical (unpaired) electrons. The van der Waals surface area contributed by atoms with E-state index in [0.717, 1.165) is 0 Å². The molecule has 2 aromatic carbocycles. The van der Waals surface area contributed by atoms with Crippen LogP contribution >= 0.6 is 0 Å². The van der Waals surface area contributed by atoms with Crippen LogP contribution in [0, 0.1) is 0 Å². The maximum Gasteiger partial charge on any atom is 0.158 e. The molecule has 0 heterocycles. The summed E-state index contributed by atoms with van der Waals surface area (Å²) < 4.78 is 0. The van der Waals surface area contributed by atoms with Gasteiger partial charge in [0.05, 0.1) is 0 Å². The van der Waals surface area contributed by atoms with Gasteiger partial charge in [-0.05, 0) is 24.3 Å². The summed E-state index contributed by atoms with van der Waals surface area (Å²) in [6, 6.07) is 21.0. The average molecular weight is 244 g/mol. The van der Waals surface area contributed by atoms with Crippen LogP contribution in [0.25, 0.3) is 0 Å². The fourth-order valence-electron chi connectivity index (χ4n) is 1.15. The Bertz CT molecular complexity index is 326. The van der Waals surface area contributed by atoms with Crippen LogP contribution in [0.4, 0.5) is 0 Å². The number of hydrogen-bond acceptors (Lipinski definition) is 1. The molecular weight excluding hydrogens is 232 g/mol. The van der Waals surface area contributed by atoms with Crippen LogP contribution in [0.3, 0.4) is 0 Å². The molecule has 0 aromatic heterocycles. The summed E-state index contributed by atoms with van der Waals surface area (Å²) in [7, 11) is 0. The Morgan fingerprint density at radius 1 is 0.600 bits per heavy atom. The van der Waals surface area contributed by atoms with Gasteiger partial charge in [0.25, 0.3) is 0 Å². The van der Waals surface area contributed by atoms with Gasteiger partial charge in [0.2, 0.25) is 0 Å². The van der Waals surface area contributed by atoms with Gasteiger partial charge in [-0.2, -0.15) is 0 Å². The second-order valence-corrected chi connectivity index (χ2v) is 4.04. The van der Waals surface area contributed by atoms with Gasteiger partial charge in [0, 0.05) is 49.5 Å². The molecule has 15 heavy (non-hydrogen) atoms. The van der Waals surface area contributed by atoms with Gasteiger partial charge in [0.15, 0.2) is 9.79 Å². The van der Waals surface area contributed by atoms with Gasteiger partial charge in [-0.3, -0.25) is 0 Å². The second kappa shape index (κ2) is 8.20. The SMILES string of the molecule is [Ca].[OH-].c1ccc([SH+]c2ccccc2)cc1. The molecule has 3 heteroatoms. The molecule has 1 nitrogen and oxygen atoms in total. The van der Waals surface area contributed by atoms with Crippen molar-refractivity contribution in [3.63, 3.8) is 0 Å². The maximum absolute atomic E-state index is 2.15. The zero-order valence-corrected chi connectivity index (χ0v) is 11.5. The Kier molecular flexibility index (Phi) is 8.20. The molecular formula is C12H12CaOS. The zero-order chi connectivity index (χ0) is 8.93. The molecule has 2 rings (SSSR count). The van der Waals surface area contributed by atoms with Crippen molar-refractivity contribution >= 4 is 49.5 Å². The van der Waals surface area contributed by atoms with E-state index in [4.69, 9.17) is 0 Å². The van der Waals surface area contributed by atoms with E-state index < -0.39 is 0 Å². The molecule has 74 valence electrons. The average Bonchev–Trinajstić information content (AvgIpc) is 2.21. The summed E-state index contributed by atoms with van der Waals surface area (Å²) in [6.07, 6.45) is 0. The molecule has 0 spiro atoms. The van der Waals surface area contributed by atoms with Gasteiger partial charge in [-0.15, -0.1) is 0 Å². The van der Waals surface area contributed by atoms with Crippen LogP contribution in [-0.4, -0.2) is 43.2 Å². The van der Waals surface area contributed by atoms with Crippen LogP contribution in [0.2, 0.25) is 0 Å². The third-order valence-electron chi connectivity index (χ3n) is 1.77. The van der Waals surface area contributed by atoms with Gasteiger partial charge in [-0.1, -0.05) is 36.4 Å². The molecule has 0 aliphatic heterocycles. The van der Waals surface area contributed by atoms with Crippen molar-refractivity contribution < 1.29 is 5.48 Å². The summed E-state index contributed by atoms with van der Waals surface area (Å²) in [6.45, 7) is 0. The molecule has 0 aliphatic rings. The van der Waals surface area contributed by atoms with Gasteiger partial charge in [0.1, 0.15) is 0 Å². The van der Waals surface area contributed by atoms with Crippen molar-refractivity contribution in [3.8, 4) is 0 Å². The number of hydrogen-bond donors (Lipinski definition) is 0. The third-order valence-corrected chi connectivity index (χ3v) is 2.88. The van der Waals surface area contributed by atoms with E-state index >= 15 is 0 Å². The van der Waals surface area contributed by atoms with Crippen molar-refractivity contribution in [3.05, 3.63) is 60.7 Å². The molecule has 0 aliphatic carbocycles. The Hall–Kier alpha value is 0.00974. The fourth-order valence-corrected chi connectivity index (χ4v) is 2.09. The van der Waals surface area contributed by atoms with Gasteiger partial charge >= 0.3 is 0 Å². The zero-order valence-electron chi connectivity index (χ0n) is 8.38. The van der Waals surface area contributed by atoms with Crippen LogP contribution in [0.1, 0.15) is 0 Å². The van der Waals surface area contributed by atoms with Crippen molar-refractivity contribution in [2.75, 3.05) is 0 Å². The first kappa shape index (κ1) is 15.0.